The molecule has 1 aromatic heterocycles. The van der Waals surface area contributed by atoms with Crippen molar-refractivity contribution >= 4 is 34.5 Å². The molecule has 0 saturated carbocycles. The first kappa shape index (κ1) is 25.4. The second-order valence-corrected chi connectivity index (χ2v) is 8.15. The van der Waals surface area contributed by atoms with Gasteiger partial charge in [0.15, 0.2) is 10.8 Å². The van der Waals surface area contributed by atoms with Crippen LogP contribution in [0, 0.1) is 0 Å². The zero-order chi connectivity index (χ0) is 23.1. The summed E-state index contributed by atoms with van der Waals surface area (Å²) in [5.41, 5.74) is 2.81. The topological polar surface area (TPSA) is 156 Å². The molecular weight excluding hydrogens is 431 g/mol. The van der Waals surface area contributed by atoms with Crippen molar-refractivity contribution in [3.05, 3.63) is 10.6 Å². The van der Waals surface area contributed by atoms with E-state index in [1.807, 2.05) is 0 Å². The molecule has 4 amide bonds. The first-order valence-corrected chi connectivity index (χ1v) is 9.56. The fourth-order valence-corrected chi connectivity index (χ4v) is 3.01. The lowest BCUT2D eigenvalue weighted by atomic mass is 10.1. The monoisotopic (exact) mass is 455 g/mol. The largest absolute Gasteiger partial charge is 0.444 e. The third kappa shape index (κ3) is 8.82. The summed E-state index contributed by atoms with van der Waals surface area (Å²) in [6, 6.07) is -1.96. The lowest BCUT2D eigenvalue weighted by molar-refractivity contribution is -0.141. The predicted octanol–water partition coefficient (Wildman–Crippen LogP) is 1.93. The third-order valence-electron chi connectivity index (χ3n) is 3.32. The van der Waals surface area contributed by atoms with Gasteiger partial charge in [-0.2, -0.15) is 13.2 Å². The Hall–Kier alpha value is -2.61. The van der Waals surface area contributed by atoms with Gasteiger partial charge < -0.3 is 31.5 Å². The minimum atomic E-state index is -4.80. The van der Waals surface area contributed by atoms with Crippen LogP contribution < -0.4 is 21.7 Å². The number of halogens is 3. The fourth-order valence-electron chi connectivity index (χ4n) is 2.16. The number of nitrogens with one attached hydrogen (secondary N) is 3. The van der Waals surface area contributed by atoms with Crippen molar-refractivity contribution in [2.24, 2.45) is 5.73 Å². The maximum absolute atomic E-state index is 12.9. The van der Waals surface area contributed by atoms with Crippen molar-refractivity contribution in [1.82, 2.24) is 15.6 Å². The zero-order valence-electron chi connectivity index (χ0n) is 16.6. The van der Waals surface area contributed by atoms with Crippen LogP contribution in [-0.4, -0.2) is 46.3 Å². The van der Waals surface area contributed by atoms with Crippen LogP contribution in [0.4, 0.5) is 27.9 Å². The van der Waals surface area contributed by atoms with Gasteiger partial charge in [0.1, 0.15) is 11.6 Å². The summed E-state index contributed by atoms with van der Waals surface area (Å²) in [6.45, 7) is 4.05. The standard InChI is InChI=1S/C16H24F3N5O5S/c1-15(2,3)29-14(28)22-8(5-4-6-21-12(20)27)11(26)24-13-23-10(16(17,18)19)9(7-25)30-13/h8,25H,4-7H2,1-3H3,(H,22,28)(H3,20,21,27)(H,23,24,26)/t8-/m1/s1. The second kappa shape index (κ2) is 10.4. The Morgan fingerprint density at radius 1 is 1.27 bits per heavy atom. The molecule has 6 N–H and O–H groups in total. The maximum Gasteiger partial charge on any atom is 0.434 e. The summed E-state index contributed by atoms with van der Waals surface area (Å²) in [5.74, 6) is -0.841. The Morgan fingerprint density at radius 2 is 1.90 bits per heavy atom. The van der Waals surface area contributed by atoms with E-state index in [1.54, 1.807) is 20.8 Å². The Labute approximate surface area is 174 Å². The summed E-state index contributed by atoms with van der Waals surface area (Å²) < 4.78 is 43.9. The highest BCUT2D eigenvalue weighted by Crippen LogP contribution is 2.36. The average molecular weight is 455 g/mol. The number of alkyl halides is 3. The van der Waals surface area contributed by atoms with Crippen molar-refractivity contribution < 1.29 is 37.4 Å². The van der Waals surface area contributed by atoms with Crippen LogP contribution in [0.3, 0.4) is 0 Å². The Kier molecular flexibility index (Phi) is 8.84. The van der Waals surface area contributed by atoms with Crippen molar-refractivity contribution in [2.45, 2.75) is 58.0 Å². The van der Waals surface area contributed by atoms with Crippen LogP contribution in [0.5, 0.6) is 0 Å². The van der Waals surface area contributed by atoms with Crippen LogP contribution in [0.15, 0.2) is 0 Å². The number of rotatable bonds is 8. The molecule has 30 heavy (non-hydrogen) atoms. The first-order chi connectivity index (χ1) is 13.7. The van der Waals surface area contributed by atoms with E-state index < -0.39 is 53.0 Å². The number of amides is 4. The number of aliphatic hydroxyl groups is 1. The number of alkyl carbamates (subject to hydrolysis) is 1. The average Bonchev–Trinajstić information content (AvgIpc) is 2.98. The van der Waals surface area contributed by atoms with Crippen molar-refractivity contribution in [2.75, 3.05) is 11.9 Å². The van der Waals surface area contributed by atoms with Crippen LogP contribution in [0.1, 0.15) is 44.2 Å². The summed E-state index contributed by atoms with van der Waals surface area (Å²) >= 11 is 0.463. The van der Waals surface area contributed by atoms with E-state index in [0.717, 1.165) is 0 Å². The normalized spacial score (nSPS) is 12.8. The quantitative estimate of drug-likeness (QED) is 0.377. The smallest absolute Gasteiger partial charge is 0.434 e. The Morgan fingerprint density at radius 3 is 2.37 bits per heavy atom. The number of aromatic nitrogens is 1. The molecule has 170 valence electrons. The van der Waals surface area contributed by atoms with Gasteiger partial charge in [0.05, 0.1) is 11.5 Å². The van der Waals surface area contributed by atoms with Gasteiger partial charge in [-0.15, -0.1) is 0 Å². The molecular formula is C16H24F3N5O5S. The van der Waals surface area contributed by atoms with Crippen molar-refractivity contribution in [1.29, 1.82) is 0 Å². The summed E-state index contributed by atoms with van der Waals surface area (Å²) in [4.78, 5) is 38.1. The van der Waals surface area contributed by atoms with Gasteiger partial charge >= 0.3 is 18.3 Å². The highest BCUT2D eigenvalue weighted by molar-refractivity contribution is 7.15. The molecule has 0 saturated heterocycles. The number of hydrogen-bond acceptors (Lipinski definition) is 7. The summed E-state index contributed by atoms with van der Waals surface area (Å²) in [6.07, 6.45) is -5.46. The molecule has 14 heteroatoms. The number of urea groups is 1. The predicted molar refractivity (Wildman–Crippen MR) is 102 cm³/mol. The number of thiazole rings is 1. The molecule has 0 spiro atoms. The number of hydrogen-bond donors (Lipinski definition) is 5. The van der Waals surface area contributed by atoms with Gasteiger partial charge in [0, 0.05) is 6.54 Å². The van der Waals surface area contributed by atoms with Gasteiger partial charge in [-0.1, -0.05) is 11.3 Å². The minimum Gasteiger partial charge on any atom is -0.444 e. The molecule has 10 nitrogen and oxygen atoms in total. The number of anilines is 1. The first-order valence-electron chi connectivity index (χ1n) is 8.74. The van der Waals surface area contributed by atoms with Crippen LogP contribution in [0.25, 0.3) is 0 Å². The summed E-state index contributed by atoms with van der Waals surface area (Å²) in [7, 11) is 0. The molecule has 1 aromatic rings. The van der Waals surface area contributed by atoms with Crippen LogP contribution in [0.2, 0.25) is 0 Å². The number of nitrogens with two attached hydrogens (primary N) is 1. The fraction of sp³-hybridized carbons (Fsp3) is 0.625. The number of carbonyl (C=O) groups excluding carboxylic acids is 3. The molecule has 1 rings (SSSR count). The maximum atomic E-state index is 12.9. The van der Waals surface area contributed by atoms with Crippen molar-refractivity contribution in [3.63, 3.8) is 0 Å². The molecule has 1 heterocycles. The van der Waals surface area contributed by atoms with Crippen molar-refractivity contribution in [3.8, 4) is 0 Å². The number of primary amides is 1. The Bertz CT molecular complexity index is 763. The van der Waals surface area contributed by atoms with Gasteiger partial charge in [0.25, 0.3) is 0 Å². The SMILES string of the molecule is CC(C)(C)OC(=O)N[C@H](CCCNC(N)=O)C(=O)Nc1nc(C(F)(F)F)c(CO)s1. The lowest BCUT2D eigenvalue weighted by Crippen LogP contribution is -2.46. The summed E-state index contributed by atoms with van der Waals surface area (Å²) in [5, 5.41) is 15.6. The molecule has 1 atom stereocenters. The van der Waals surface area contributed by atoms with Crippen LogP contribution >= 0.6 is 11.3 Å². The Balaban J connectivity index is 2.91. The number of nitrogens with zero attached hydrogens (tertiary/aromatic N) is 1. The number of aliphatic hydroxyl groups excluding tert-OH is 1. The number of ether oxygens (including phenoxy) is 1. The van der Waals surface area contributed by atoms with E-state index in [4.69, 9.17) is 15.6 Å². The molecule has 0 fully saturated rings. The van der Waals surface area contributed by atoms with E-state index in [1.165, 1.54) is 0 Å². The number of carbonyl (C=O) groups is 3. The van der Waals surface area contributed by atoms with E-state index in [0.29, 0.717) is 11.3 Å². The van der Waals surface area contributed by atoms with Crippen LogP contribution in [-0.2, 0) is 22.3 Å². The van der Waals surface area contributed by atoms with E-state index in [2.05, 4.69) is 20.9 Å². The van der Waals surface area contributed by atoms with Gasteiger partial charge in [0.2, 0.25) is 5.91 Å². The molecule has 0 radical (unpaired) electrons. The highest BCUT2D eigenvalue weighted by atomic mass is 32.1. The molecule has 0 aliphatic rings. The van der Waals surface area contributed by atoms with E-state index in [-0.39, 0.29) is 24.5 Å². The third-order valence-corrected chi connectivity index (χ3v) is 4.27. The molecule has 0 aromatic carbocycles. The second-order valence-electron chi connectivity index (χ2n) is 7.07. The molecule has 0 bridgehead atoms. The molecule has 0 aliphatic carbocycles. The zero-order valence-corrected chi connectivity index (χ0v) is 17.4. The highest BCUT2D eigenvalue weighted by Gasteiger charge is 2.37. The minimum absolute atomic E-state index is 0.0235. The molecule has 0 aliphatic heterocycles. The lowest BCUT2D eigenvalue weighted by Gasteiger charge is -2.23. The van der Waals surface area contributed by atoms with Gasteiger partial charge in [-0.3, -0.25) is 4.79 Å². The van der Waals surface area contributed by atoms with Gasteiger partial charge in [-0.25, -0.2) is 14.6 Å². The van der Waals surface area contributed by atoms with E-state index >= 15 is 0 Å². The van der Waals surface area contributed by atoms with Gasteiger partial charge in [-0.05, 0) is 33.6 Å². The molecule has 0 unspecified atom stereocenters. The van der Waals surface area contributed by atoms with E-state index in [9.17, 15) is 27.6 Å².